The van der Waals surface area contributed by atoms with Gasteiger partial charge in [0.2, 0.25) is 0 Å². The summed E-state index contributed by atoms with van der Waals surface area (Å²) in [4.78, 5) is 0. The zero-order chi connectivity index (χ0) is 12.8. The van der Waals surface area contributed by atoms with Gasteiger partial charge >= 0.3 is 0 Å². The summed E-state index contributed by atoms with van der Waals surface area (Å²) < 4.78 is 8.55. The largest absolute Gasteiger partial charge is 0.382 e. The Balaban J connectivity index is 1.95. The highest BCUT2D eigenvalue weighted by atomic mass is 127. The van der Waals surface area contributed by atoms with Crippen LogP contribution in [0.15, 0.2) is 36.7 Å². The Morgan fingerprint density at radius 3 is 2.72 bits per heavy atom. The lowest BCUT2D eigenvalue weighted by atomic mass is 10.1. The minimum absolute atomic E-state index is 0.785. The van der Waals surface area contributed by atoms with Crippen LogP contribution in [-0.2, 0) is 11.3 Å². The van der Waals surface area contributed by atoms with Gasteiger partial charge in [0.1, 0.15) is 0 Å². The quantitative estimate of drug-likeness (QED) is 0.584. The van der Waals surface area contributed by atoms with Crippen molar-refractivity contribution in [2.75, 3.05) is 13.2 Å². The van der Waals surface area contributed by atoms with Gasteiger partial charge in [0, 0.05) is 35.1 Å². The second-order valence-corrected chi connectivity index (χ2v) is 5.30. The van der Waals surface area contributed by atoms with E-state index in [2.05, 4.69) is 58.2 Å². The van der Waals surface area contributed by atoms with Crippen molar-refractivity contribution in [1.29, 1.82) is 0 Å². The number of hydrogen-bond acceptors (Lipinski definition) is 2. The van der Waals surface area contributed by atoms with Crippen molar-refractivity contribution in [3.63, 3.8) is 0 Å². The first-order chi connectivity index (χ1) is 8.79. The molecule has 1 aromatic carbocycles. The van der Waals surface area contributed by atoms with Crippen LogP contribution in [0.25, 0.3) is 11.1 Å². The monoisotopic (exact) mass is 356 g/mol. The van der Waals surface area contributed by atoms with Crippen molar-refractivity contribution in [3.05, 3.63) is 40.2 Å². The Labute approximate surface area is 121 Å². The van der Waals surface area contributed by atoms with Crippen molar-refractivity contribution < 1.29 is 4.74 Å². The number of benzene rings is 1. The van der Waals surface area contributed by atoms with Gasteiger partial charge in [0.25, 0.3) is 0 Å². The molecule has 0 fully saturated rings. The third kappa shape index (κ3) is 3.81. The lowest BCUT2D eigenvalue weighted by Gasteiger charge is -2.01. The van der Waals surface area contributed by atoms with Crippen LogP contribution in [0.5, 0.6) is 0 Å². The molecular formula is C14H17IN2O. The summed E-state index contributed by atoms with van der Waals surface area (Å²) in [6, 6.07) is 8.48. The Hall–Kier alpha value is -0.880. The molecule has 0 atom stereocenters. The molecule has 96 valence electrons. The first-order valence-electron chi connectivity index (χ1n) is 6.15. The van der Waals surface area contributed by atoms with E-state index in [-0.39, 0.29) is 0 Å². The Morgan fingerprint density at radius 1 is 1.22 bits per heavy atom. The minimum Gasteiger partial charge on any atom is -0.382 e. The van der Waals surface area contributed by atoms with Crippen LogP contribution in [0.4, 0.5) is 0 Å². The Bertz CT molecular complexity index is 479. The normalized spacial score (nSPS) is 10.8. The molecule has 0 aliphatic heterocycles. The number of nitrogens with zero attached hydrogens (tertiary/aromatic N) is 2. The molecule has 0 amide bonds. The van der Waals surface area contributed by atoms with Crippen molar-refractivity contribution >= 4 is 22.6 Å². The van der Waals surface area contributed by atoms with Gasteiger partial charge in [-0.1, -0.05) is 12.1 Å². The van der Waals surface area contributed by atoms with Gasteiger partial charge in [0.15, 0.2) is 0 Å². The summed E-state index contributed by atoms with van der Waals surface area (Å²) in [5.41, 5.74) is 2.38. The lowest BCUT2D eigenvalue weighted by molar-refractivity contribution is 0.141. The highest BCUT2D eigenvalue weighted by Crippen LogP contribution is 2.19. The molecule has 18 heavy (non-hydrogen) atoms. The van der Waals surface area contributed by atoms with Gasteiger partial charge in [0.05, 0.1) is 6.20 Å². The number of ether oxygens (including phenoxy) is 1. The van der Waals surface area contributed by atoms with E-state index in [1.165, 1.54) is 14.7 Å². The van der Waals surface area contributed by atoms with Crippen molar-refractivity contribution in [2.45, 2.75) is 19.9 Å². The molecule has 1 aromatic heterocycles. The molecule has 0 aliphatic rings. The maximum Gasteiger partial charge on any atom is 0.0568 e. The van der Waals surface area contributed by atoms with Crippen molar-refractivity contribution in [1.82, 2.24) is 9.78 Å². The van der Waals surface area contributed by atoms with E-state index < -0.39 is 0 Å². The van der Waals surface area contributed by atoms with Gasteiger partial charge < -0.3 is 4.74 Å². The molecule has 0 saturated carbocycles. The van der Waals surface area contributed by atoms with Crippen LogP contribution in [-0.4, -0.2) is 23.0 Å². The molecule has 2 rings (SSSR count). The van der Waals surface area contributed by atoms with E-state index in [9.17, 15) is 0 Å². The van der Waals surface area contributed by atoms with E-state index >= 15 is 0 Å². The van der Waals surface area contributed by atoms with Gasteiger partial charge in [-0.3, -0.25) is 4.68 Å². The fraction of sp³-hybridized carbons (Fsp3) is 0.357. The van der Waals surface area contributed by atoms with E-state index in [1.54, 1.807) is 0 Å². The smallest absolute Gasteiger partial charge is 0.0568 e. The summed E-state index contributed by atoms with van der Waals surface area (Å²) >= 11 is 2.31. The maximum absolute atomic E-state index is 5.32. The number of halogens is 1. The van der Waals surface area contributed by atoms with Gasteiger partial charge in [-0.05, 0) is 53.6 Å². The topological polar surface area (TPSA) is 27.1 Å². The molecule has 0 saturated heterocycles. The van der Waals surface area contributed by atoms with E-state index in [0.29, 0.717) is 0 Å². The Kier molecular flexibility index (Phi) is 5.19. The molecule has 0 spiro atoms. The van der Waals surface area contributed by atoms with E-state index in [4.69, 9.17) is 4.74 Å². The van der Waals surface area contributed by atoms with Crippen LogP contribution in [0.2, 0.25) is 0 Å². The minimum atomic E-state index is 0.785. The molecule has 1 heterocycles. The van der Waals surface area contributed by atoms with Gasteiger partial charge in [-0.2, -0.15) is 5.10 Å². The number of hydrogen-bond donors (Lipinski definition) is 0. The predicted molar refractivity (Wildman–Crippen MR) is 81.5 cm³/mol. The third-order valence-electron chi connectivity index (χ3n) is 2.69. The fourth-order valence-electron chi connectivity index (χ4n) is 1.75. The second kappa shape index (κ2) is 6.89. The van der Waals surface area contributed by atoms with E-state index in [0.717, 1.165) is 26.2 Å². The maximum atomic E-state index is 5.32. The molecule has 0 radical (unpaired) electrons. The van der Waals surface area contributed by atoms with Crippen LogP contribution in [0.3, 0.4) is 0 Å². The van der Waals surface area contributed by atoms with Crippen LogP contribution in [0.1, 0.15) is 13.3 Å². The SMILES string of the molecule is CCOCCCn1cc(-c2ccc(I)cc2)cn1. The van der Waals surface area contributed by atoms with Crippen LogP contribution in [0, 0.1) is 3.57 Å². The highest BCUT2D eigenvalue weighted by molar-refractivity contribution is 14.1. The van der Waals surface area contributed by atoms with Gasteiger partial charge in [-0.15, -0.1) is 0 Å². The first kappa shape index (κ1) is 13.5. The summed E-state index contributed by atoms with van der Waals surface area (Å²) in [6.45, 7) is 4.51. The predicted octanol–water partition coefficient (Wildman–Crippen LogP) is 3.58. The standard InChI is InChI=1S/C14H17IN2O/c1-2-18-9-3-8-17-11-13(10-16-17)12-4-6-14(15)7-5-12/h4-7,10-11H,2-3,8-9H2,1H3. The van der Waals surface area contributed by atoms with Crippen LogP contribution >= 0.6 is 22.6 Å². The molecule has 0 N–H and O–H groups in total. The summed E-state index contributed by atoms with van der Waals surface area (Å²) in [5.74, 6) is 0. The molecular weight excluding hydrogens is 339 g/mol. The number of rotatable bonds is 6. The van der Waals surface area contributed by atoms with Crippen molar-refractivity contribution in [2.24, 2.45) is 0 Å². The summed E-state index contributed by atoms with van der Waals surface area (Å²) in [6.07, 6.45) is 5.01. The second-order valence-electron chi connectivity index (χ2n) is 4.05. The molecule has 2 aromatic rings. The molecule has 0 aliphatic carbocycles. The number of aryl methyl sites for hydroxylation is 1. The zero-order valence-corrected chi connectivity index (χ0v) is 12.6. The van der Waals surface area contributed by atoms with Crippen LogP contribution < -0.4 is 0 Å². The number of aromatic nitrogens is 2. The molecule has 4 heteroatoms. The molecule has 3 nitrogen and oxygen atoms in total. The lowest BCUT2D eigenvalue weighted by Crippen LogP contribution is -2.02. The Morgan fingerprint density at radius 2 is 2.00 bits per heavy atom. The average Bonchev–Trinajstić information content (AvgIpc) is 2.84. The summed E-state index contributed by atoms with van der Waals surface area (Å²) in [5, 5.41) is 4.37. The first-order valence-corrected chi connectivity index (χ1v) is 7.23. The third-order valence-corrected chi connectivity index (χ3v) is 3.41. The fourth-order valence-corrected chi connectivity index (χ4v) is 2.11. The highest BCUT2D eigenvalue weighted by Gasteiger charge is 2.01. The van der Waals surface area contributed by atoms with E-state index in [1.807, 2.05) is 17.8 Å². The molecule has 0 unspecified atom stereocenters. The van der Waals surface area contributed by atoms with Gasteiger partial charge in [-0.25, -0.2) is 0 Å². The summed E-state index contributed by atoms with van der Waals surface area (Å²) in [7, 11) is 0. The molecule has 0 bridgehead atoms. The van der Waals surface area contributed by atoms with Crippen molar-refractivity contribution in [3.8, 4) is 11.1 Å². The zero-order valence-electron chi connectivity index (χ0n) is 10.5. The average molecular weight is 356 g/mol.